The fraction of sp³-hybridized carbons (Fsp3) is 0.667. The van der Waals surface area contributed by atoms with Gasteiger partial charge in [0.25, 0.3) is 5.92 Å². The molecular weight excluding hydrogens is 236 g/mol. The lowest BCUT2D eigenvalue weighted by molar-refractivity contribution is -0.134. The second-order valence-electron chi connectivity index (χ2n) is 3.84. The fourth-order valence-electron chi connectivity index (χ4n) is 1.66. The summed E-state index contributed by atoms with van der Waals surface area (Å²) in [5.41, 5.74) is 0. The molecule has 2 N–H and O–H groups in total. The van der Waals surface area contributed by atoms with E-state index in [9.17, 15) is 18.4 Å². The van der Waals surface area contributed by atoms with Gasteiger partial charge in [-0.15, -0.1) is 0 Å². The first-order chi connectivity index (χ1) is 7.76. The van der Waals surface area contributed by atoms with Gasteiger partial charge in [-0.3, -0.25) is 4.79 Å². The molecule has 1 aliphatic rings. The van der Waals surface area contributed by atoms with Crippen LogP contribution in [0.5, 0.6) is 0 Å². The standard InChI is InChI=1S/C9H11F2N3O3/c1-5(13-8(16)17)7(15)14-4-9(10,11)2-6(14)3-12/h5-6,13H,2,4H2,1H3,(H,16,17)/t5-,6+/m1/s1. The van der Waals surface area contributed by atoms with Crippen LogP contribution in [0.2, 0.25) is 0 Å². The number of alkyl halides is 2. The second-order valence-corrected chi connectivity index (χ2v) is 3.84. The van der Waals surface area contributed by atoms with Gasteiger partial charge in [-0.05, 0) is 6.92 Å². The first-order valence-electron chi connectivity index (χ1n) is 4.84. The van der Waals surface area contributed by atoms with E-state index < -0.39 is 43.0 Å². The van der Waals surface area contributed by atoms with Gasteiger partial charge in [-0.2, -0.15) is 5.26 Å². The Bertz CT molecular complexity index is 380. The monoisotopic (exact) mass is 247 g/mol. The minimum atomic E-state index is -3.10. The Balaban J connectivity index is 2.75. The molecule has 2 atom stereocenters. The van der Waals surface area contributed by atoms with Gasteiger partial charge < -0.3 is 15.3 Å². The van der Waals surface area contributed by atoms with Crippen LogP contribution in [0.3, 0.4) is 0 Å². The molecule has 0 saturated carbocycles. The predicted octanol–water partition coefficient (Wildman–Crippen LogP) is 0.402. The molecule has 2 amide bonds. The number of rotatable bonds is 2. The smallest absolute Gasteiger partial charge is 0.405 e. The molecule has 0 spiro atoms. The normalized spacial score (nSPS) is 23.9. The van der Waals surface area contributed by atoms with E-state index in [2.05, 4.69) is 0 Å². The van der Waals surface area contributed by atoms with Crippen molar-refractivity contribution in [2.75, 3.05) is 6.54 Å². The lowest BCUT2D eigenvalue weighted by atomic mass is 10.2. The van der Waals surface area contributed by atoms with Crippen LogP contribution in [0.25, 0.3) is 0 Å². The zero-order valence-corrected chi connectivity index (χ0v) is 8.98. The number of hydrogen-bond donors (Lipinski definition) is 2. The van der Waals surface area contributed by atoms with E-state index in [-0.39, 0.29) is 0 Å². The van der Waals surface area contributed by atoms with E-state index >= 15 is 0 Å². The Labute approximate surface area is 95.8 Å². The topological polar surface area (TPSA) is 93.4 Å². The molecule has 1 saturated heterocycles. The number of carboxylic acid groups (broad SMARTS) is 1. The third-order valence-corrected chi connectivity index (χ3v) is 2.41. The summed E-state index contributed by atoms with van der Waals surface area (Å²) in [5.74, 6) is -3.92. The van der Waals surface area contributed by atoms with Crippen LogP contribution in [0.1, 0.15) is 13.3 Å². The number of nitrogens with one attached hydrogen (secondary N) is 1. The van der Waals surface area contributed by atoms with Crippen molar-refractivity contribution < 1.29 is 23.5 Å². The van der Waals surface area contributed by atoms with Gasteiger partial charge in [0.1, 0.15) is 12.1 Å². The number of nitriles is 1. The average molecular weight is 247 g/mol. The van der Waals surface area contributed by atoms with Crippen LogP contribution >= 0.6 is 0 Å². The van der Waals surface area contributed by atoms with Gasteiger partial charge in [0.15, 0.2) is 0 Å². The lowest BCUT2D eigenvalue weighted by Crippen LogP contribution is -2.48. The van der Waals surface area contributed by atoms with Crippen molar-refractivity contribution in [1.29, 1.82) is 5.26 Å². The highest BCUT2D eigenvalue weighted by molar-refractivity contribution is 5.85. The largest absolute Gasteiger partial charge is 0.465 e. The SMILES string of the molecule is C[C@@H](NC(=O)O)C(=O)N1CC(F)(F)C[C@H]1C#N. The molecular formula is C9H11F2N3O3. The third-order valence-electron chi connectivity index (χ3n) is 2.41. The van der Waals surface area contributed by atoms with Gasteiger partial charge in [-0.1, -0.05) is 0 Å². The molecule has 6 nitrogen and oxygen atoms in total. The highest BCUT2D eigenvalue weighted by Crippen LogP contribution is 2.31. The molecule has 1 rings (SSSR count). The maximum atomic E-state index is 13.0. The maximum absolute atomic E-state index is 13.0. The molecule has 0 radical (unpaired) electrons. The maximum Gasteiger partial charge on any atom is 0.405 e. The van der Waals surface area contributed by atoms with Crippen LogP contribution in [0.4, 0.5) is 13.6 Å². The van der Waals surface area contributed by atoms with Crippen LogP contribution in [0.15, 0.2) is 0 Å². The van der Waals surface area contributed by atoms with Gasteiger partial charge in [-0.25, -0.2) is 13.6 Å². The molecule has 1 heterocycles. The summed E-state index contributed by atoms with van der Waals surface area (Å²) >= 11 is 0. The van der Waals surface area contributed by atoms with E-state index in [4.69, 9.17) is 10.4 Å². The molecule has 0 aromatic carbocycles. The van der Waals surface area contributed by atoms with Crippen molar-refractivity contribution in [2.24, 2.45) is 0 Å². The summed E-state index contributed by atoms with van der Waals surface area (Å²) in [4.78, 5) is 22.7. The quantitative estimate of drug-likeness (QED) is 0.738. The minimum absolute atomic E-state index is 0.709. The summed E-state index contributed by atoms with van der Waals surface area (Å²) in [6, 6.07) is -0.759. The molecule has 0 aliphatic carbocycles. The highest BCUT2D eigenvalue weighted by atomic mass is 19.3. The lowest BCUT2D eigenvalue weighted by Gasteiger charge is -2.22. The molecule has 0 bridgehead atoms. The summed E-state index contributed by atoms with van der Waals surface area (Å²) in [7, 11) is 0. The van der Waals surface area contributed by atoms with E-state index in [1.807, 2.05) is 5.32 Å². The number of hydrogen-bond acceptors (Lipinski definition) is 3. The number of carbonyl (C=O) groups excluding carboxylic acids is 1. The van der Waals surface area contributed by atoms with Gasteiger partial charge in [0.2, 0.25) is 5.91 Å². The van der Waals surface area contributed by atoms with Crippen LogP contribution < -0.4 is 5.32 Å². The Morgan fingerprint density at radius 2 is 2.24 bits per heavy atom. The zero-order valence-electron chi connectivity index (χ0n) is 8.98. The van der Waals surface area contributed by atoms with E-state index in [0.29, 0.717) is 4.90 Å². The summed E-state index contributed by atoms with van der Waals surface area (Å²) in [5, 5.41) is 18.9. The van der Waals surface area contributed by atoms with Crippen LogP contribution in [-0.4, -0.2) is 46.6 Å². The first kappa shape index (κ1) is 13.2. The van der Waals surface area contributed by atoms with Crippen LogP contribution in [-0.2, 0) is 4.79 Å². The zero-order chi connectivity index (χ0) is 13.2. The molecule has 0 aromatic heterocycles. The fourth-order valence-corrected chi connectivity index (χ4v) is 1.66. The minimum Gasteiger partial charge on any atom is -0.465 e. The first-order valence-corrected chi connectivity index (χ1v) is 4.84. The van der Waals surface area contributed by atoms with Crippen molar-refractivity contribution in [3.63, 3.8) is 0 Å². The molecule has 94 valence electrons. The summed E-state index contributed by atoms with van der Waals surface area (Å²) in [6.45, 7) is 0.386. The van der Waals surface area contributed by atoms with Gasteiger partial charge >= 0.3 is 6.09 Å². The number of amides is 2. The molecule has 8 heteroatoms. The number of nitrogens with zero attached hydrogens (tertiary/aromatic N) is 2. The molecule has 0 aromatic rings. The second kappa shape index (κ2) is 4.53. The van der Waals surface area contributed by atoms with Crippen molar-refractivity contribution in [3.8, 4) is 6.07 Å². The summed E-state index contributed by atoms with van der Waals surface area (Å²) < 4.78 is 26.1. The van der Waals surface area contributed by atoms with E-state index in [1.54, 1.807) is 6.07 Å². The van der Waals surface area contributed by atoms with Crippen molar-refractivity contribution >= 4 is 12.0 Å². The van der Waals surface area contributed by atoms with Crippen LogP contribution in [0, 0.1) is 11.3 Å². The number of carbonyl (C=O) groups is 2. The van der Waals surface area contributed by atoms with E-state index in [1.165, 1.54) is 6.92 Å². The van der Waals surface area contributed by atoms with Crippen molar-refractivity contribution in [2.45, 2.75) is 31.4 Å². The molecule has 1 aliphatic heterocycles. The predicted molar refractivity (Wildman–Crippen MR) is 51.3 cm³/mol. The van der Waals surface area contributed by atoms with E-state index in [0.717, 1.165) is 0 Å². The third kappa shape index (κ3) is 3.03. The average Bonchev–Trinajstić information content (AvgIpc) is 2.51. The summed E-state index contributed by atoms with van der Waals surface area (Å²) in [6.07, 6.45) is -2.14. The van der Waals surface area contributed by atoms with Gasteiger partial charge in [0, 0.05) is 6.42 Å². The molecule has 1 fully saturated rings. The molecule has 17 heavy (non-hydrogen) atoms. The van der Waals surface area contributed by atoms with Crippen molar-refractivity contribution in [1.82, 2.24) is 10.2 Å². The van der Waals surface area contributed by atoms with Crippen molar-refractivity contribution in [3.05, 3.63) is 0 Å². The Kier molecular flexibility index (Phi) is 3.50. The Morgan fingerprint density at radius 1 is 1.65 bits per heavy atom. The highest BCUT2D eigenvalue weighted by Gasteiger charge is 2.48. The Hall–Kier alpha value is -1.91. The number of likely N-dealkylation sites (tertiary alicyclic amines) is 1. The molecule has 0 unspecified atom stereocenters. The van der Waals surface area contributed by atoms with Gasteiger partial charge in [0.05, 0.1) is 12.6 Å². The Morgan fingerprint density at radius 3 is 2.71 bits per heavy atom. The number of halogens is 2.